The Balaban J connectivity index is 2.36. The van der Waals surface area contributed by atoms with E-state index in [0.717, 1.165) is 23.2 Å². The van der Waals surface area contributed by atoms with E-state index in [9.17, 15) is 4.79 Å². The number of aromatic nitrogens is 3. The Kier molecular flexibility index (Phi) is 3.55. The molecule has 21 heavy (non-hydrogen) atoms. The third kappa shape index (κ3) is 2.25. The zero-order chi connectivity index (χ0) is 15.0. The molecule has 0 aliphatic heterocycles. The second kappa shape index (κ2) is 5.37. The summed E-state index contributed by atoms with van der Waals surface area (Å²) >= 11 is 6.14. The summed E-state index contributed by atoms with van der Waals surface area (Å²) in [7, 11) is 0. The number of aromatic amines is 1. The van der Waals surface area contributed by atoms with Crippen LogP contribution in [0.15, 0.2) is 35.1 Å². The molecule has 0 aliphatic rings. The van der Waals surface area contributed by atoms with E-state index in [4.69, 9.17) is 11.6 Å². The van der Waals surface area contributed by atoms with Crippen LogP contribution in [0, 0.1) is 6.92 Å². The van der Waals surface area contributed by atoms with E-state index in [0.29, 0.717) is 17.8 Å². The number of nitrogens with zero attached hydrogens (tertiary/aromatic N) is 2. The van der Waals surface area contributed by atoms with E-state index in [2.05, 4.69) is 10.1 Å². The predicted molar refractivity (Wildman–Crippen MR) is 85.0 cm³/mol. The molecular weight excluding hydrogens is 286 g/mol. The number of H-pyrrole nitrogens is 1. The molecule has 0 radical (unpaired) electrons. The van der Waals surface area contributed by atoms with Crippen molar-refractivity contribution in [3.8, 4) is 11.1 Å². The fourth-order valence-electron chi connectivity index (χ4n) is 2.56. The Bertz CT molecular complexity index is 849. The van der Waals surface area contributed by atoms with Crippen molar-refractivity contribution in [2.75, 3.05) is 0 Å². The van der Waals surface area contributed by atoms with Gasteiger partial charge >= 0.3 is 0 Å². The Labute approximate surface area is 127 Å². The Morgan fingerprint density at radius 1 is 1.29 bits per heavy atom. The molecule has 0 spiro atoms. The van der Waals surface area contributed by atoms with Crippen LogP contribution in [0.3, 0.4) is 0 Å². The zero-order valence-electron chi connectivity index (χ0n) is 12.0. The molecule has 1 N–H and O–H groups in total. The lowest BCUT2D eigenvalue weighted by molar-refractivity contribution is 0.833. The van der Waals surface area contributed by atoms with Crippen molar-refractivity contribution in [1.29, 1.82) is 0 Å². The molecule has 0 bridgehead atoms. The van der Waals surface area contributed by atoms with Crippen molar-refractivity contribution in [3.05, 3.63) is 57.1 Å². The molecule has 3 aromatic rings. The van der Waals surface area contributed by atoms with E-state index in [1.54, 1.807) is 0 Å². The van der Waals surface area contributed by atoms with Crippen molar-refractivity contribution in [2.45, 2.75) is 26.7 Å². The zero-order valence-corrected chi connectivity index (χ0v) is 12.7. The molecule has 0 saturated carbocycles. The van der Waals surface area contributed by atoms with Gasteiger partial charge in [-0.3, -0.25) is 9.89 Å². The third-order valence-electron chi connectivity index (χ3n) is 3.52. The van der Waals surface area contributed by atoms with Crippen LogP contribution in [0.1, 0.15) is 24.7 Å². The van der Waals surface area contributed by atoms with Crippen LogP contribution in [0.2, 0.25) is 5.02 Å². The maximum atomic E-state index is 12.4. The van der Waals surface area contributed by atoms with Crippen LogP contribution in [0.25, 0.3) is 16.8 Å². The number of nitrogens with one attached hydrogen (secondary N) is 1. The number of halogens is 1. The number of aryl methyl sites for hydroxylation is 2. The molecule has 0 unspecified atom stereocenters. The highest BCUT2D eigenvalue weighted by molar-refractivity contribution is 6.31. The van der Waals surface area contributed by atoms with Crippen molar-refractivity contribution < 1.29 is 0 Å². The summed E-state index contributed by atoms with van der Waals surface area (Å²) in [6.45, 7) is 3.98. The van der Waals surface area contributed by atoms with Gasteiger partial charge in [0.05, 0.1) is 5.69 Å². The fourth-order valence-corrected chi connectivity index (χ4v) is 2.78. The lowest BCUT2D eigenvalue weighted by atomic mass is 10.1. The maximum Gasteiger partial charge on any atom is 0.291 e. The molecule has 1 aromatic carbocycles. The van der Waals surface area contributed by atoms with E-state index in [-0.39, 0.29) is 10.6 Å². The van der Waals surface area contributed by atoms with Crippen molar-refractivity contribution in [2.24, 2.45) is 0 Å². The van der Waals surface area contributed by atoms with E-state index >= 15 is 0 Å². The van der Waals surface area contributed by atoms with Crippen molar-refractivity contribution >= 4 is 17.2 Å². The number of hydrogen-bond acceptors (Lipinski definition) is 2. The molecule has 2 heterocycles. The van der Waals surface area contributed by atoms with Gasteiger partial charge in [0, 0.05) is 11.3 Å². The Morgan fingerprint density at radius 3 is 2.67 bits per heavy atom. The van der Waals surface area contributed by atoms with Gasteiger partial charge in [0.1, 0.15) is 5.02 Å². The topological polar surface area (TPSA) is 50.2 Å². The first-order valence-corrected chi connectivity index (χ1v) is 7.36. The molecule has 0 fully saturated rings. The molecule has 0 aliphatic carbocycles. The Hall–Kier alpha value is -2.07. The summed E-state index contributed by atoms with van der Waals surface area (Å²) in [5, 5.41) is 3.27. The number of fused-ring (bicyclic) bond motifs is 1. The van der Waals surface area contributed by atoms with Crippen LogP contribution in [-0.2, 0) is 6.42 Å². The molecule has 0 atom stereocenters. The summed E-state index contributed by atoms with van der Waals surface area (Å²) < 4.78 is 1.43. The van der Waals surface area contributed by atoms with Gasteiger partial charge in [-0.25, -0.2) is 4.98 Å². The smallest absolute Gasteiger partial charge is 0.291 e. The molecule has 4 nitrogen and oxygen atoms in total. The van der Waals surface area contributed by atoms with E-state index in [1.807, 2.05) is 44.2 Å². The average Bonchev–Trinajstić information content (AvgIpc) is 2.82. The highest BCUT2D eigenvalue weighted by Crippen LogP contribution is 2.27. The first-order valence-electron chi connectivity index (χ1n) is 6.98. The molecule has 3 rings (SSSR count). The maximum absolute atomic E-state index is 12.4. The average molecular weight is 302 g/mol. The van der Waals surface area contributed by atoms with Crippen LogP contribution >= 0.6 is 11.6 Å². The summed E-state index contributed by atoms with van der Waals surface area (Å²) in [4.78, 5) is 17.0. The minimum atomic E-state index is -0.240. The van der Waals surface area contributed by atoms with Crippen LogP contribution < -0.4 is 5.56 Å². The van der Waals surface area contributed by atoms with Gasteiger partial charge in [-0.15, -0.1) is 0 Å². The van der Waals surface area contributed by atoms with E-state index < -0.39 is 0 Å². The van der Waals surface area contributed by atoms with Gasteiger partial charge in [0.2, 0.25) is 0 Å². The first kappa shape index (κ1) is 13.9. The summed E-state index contributed by atoms with van der Waals surface area (Å²) in [5.74, 6) is 0. The monoisotopic (exact) mass is 301 g/mol. The van der Waals surface area contributed by atoms with Crippen LogP contribution in [-0.4, -0.2) is 14.6 Å². The standard InChI is InChI=1S/C16H16ClN3O/c1-3-7-12-14(17)16(21)20-15(18-12)13(10(2)19-20)11-8-5-4-6-9-11/h4-6,8-9,19H,3,7H2,1-2H3. The molecule has 0 saturated heterocycles. The summed E-state index contributed by atoms with van der Waals surface area (Å²) in [6.07, 6.45) is 1.59. The lowest BCUT2D eigenvalue weighted by Crippen LogP contribution is -2.18. The highest BCUT2D eigenvalue weighted by Gasteiger charge is 2.17. The number of rotatable bonds is 3. The summed E-state index contributed by atoms with van der Waals surface area (Å²) in [6, 6.07) is 9.93. The SMILES string of the molecule is CCCc1nc2c(-c3ccccc3)c(C)[nH]n2c(=O)c1Cl. The van der Waals surface area contributed by atoms with Crippen molar-refractivity contribution in [1.82, 2.24) is 14.6 Å². The third-order valence-corrected chi connectivity index (χ3v) is 3.90. The number of hydrogen-bond donors (Lipinski definition) is 1. The quantitative estimate of drug-likeness (QED) is 0.803. The molecule has 2 aromatic heterocycles. The summed E-state index contributed by atoms with van der Waals surface area (Å²) in [5.41, 5.74) is 3.94. The highest BCUT2D eigenvalue weighted by atomic mass is 35.5. The van der Waals surface area contributed by atoms with Gasteiger partial charge < -0.3 is 0 Å². The van der Waals surface area contributed by atoms with Gasteiger partial charge in [0.25, 0.3) is 5.56 Å². The first-order chi connectivity index (χ1) is 10.1. The largest absolute Gasteiger partial charge is 0.293 e. The van der Waals surface area contributed by atoms with Gasteiger partial charge in [-0.05, 0) is 18.9 Å². The Morgan fingerprint density at radius 2 is 2.00 bits per heavy atom. The van der Waals surface area contributed by atoms with Crippen molar-refractivity contribution in [3.63, 3.8) is 0 Å². The molecule has 5 heteroatoms. The molecule has 108 valence electrons. The van der Waals surface area contributed by atoms with Gasteiger partial charge in [-0.1, -0.05) is 55.3 Å². The minimum absolute atomic E-state index is 0.204. The van der Waals surface area contributed by atoms with Gasteiger partial charge in [0.15, 0.2) is 5.65 Å². The minimum Gasteiger partial charge on any atom is -0.293 e. The van der Waals surface area contributed by atoms with Gasteiger partial charge in [-0.2, -0.15) is 4.52 Å². The van der Waals surface area contributed by atoms with Crippen LogP contribution in [0.4, 0.5) is 0 Å². The van der Waals surface area contributed by atoms with E-state index in [1.165, 1.54) is 4.52 Å². The normalized spacial score (nSPS) is 11.2. The second-order valence-corrected chi connectivity index (χ2v) is 5.44. The predicted octanol–water partition coefficient (Wildman–Crippen LogP) is 3.60. The van der Waals surface area contributed by atoms with Crippen LogP contribution in [0.5, 0.6) is 0 Å². The second-order valence-electron chi connectivity index (χ2n) is 5.06. The fraction of sp³-hybridized carbons (Fsp3) is 0.250. The molecular formula is C16H16ClN3O. The number of benzene rings is 1. The molecule has 0 amide bonds. The lowest BCUT2D eigenvalue weighted by Gasteiger charge is -2.04.